The van der Waals surface area contributed by atoms with Crippen molar-refractivity contribution in [1.82, 2.24) is 0 Å². The van der Waals surface area contributed by atoms with Gasteiger partial charge in [-0.25, -0.2) is 9.59 Å². The van der Waals surface area contributed by atoms with Gasteiger partial charge in [0.2, 0.25) is 0 Å². The lowest BCUT2D eigenvalue weighted by Gasteiger charge is -2.66. The van der Waals surface area contributed by atoms with Gasteiger partial charge >= 0.3 is 17.9 Å². The van der Waals surface area contributed by atoms with Gasteiger partial charge in [-0.1, -0.05) is 39.3 Å². The molecule has 5 rings (SSSR count). The molecule has 1 aromatic rings. The lowest BCUT2D eigenvalue weighted by Crippen LogP contribution is -2.76. The van der Waals surface area contributed by atoms with E-state index >= 15 is 0 Å². The molecule has 0 radical (unpaired) electrons. The Morgan fingerprint density at radius 1 is 1.19 bits per heavy atom. The molecule has 42 heavy (non-hydrogen) atoms. The van der Waals surface area contributed by atoms with Crippen LogP contribution >= 0.6 is 0 Å². The summed E-state index contributed by atoms with van der Waals surface area (Å²) in [5, 5.41) is 23.9. The zero-order chi connectivity index (χ0) is 31.0. The number of furan rings is 1. The van der Waals surface area contributed by atoms with Crippen molar-refractivity contribution in [3.8, 4) is 0 Å². The Bertz CT molecular complexity index is 1390. The van der Waals surface area contributed by atoms with E-state index in [9.17, 15) is 29.4 Å². The molecule has 10 heteroatoms. The number of hydrogen-bond donors (Lipinski definition) is 2. The smallest absolute Gasteiger partial charge is 0.335 e. The number of hydrogen-bond acceptors (Lipinski definition) is 10. The molecule has 1 aliphatic heterocycles. The Morgan fingerprint density at radius 2 is 1.88 bits per heavy atom. The zero-order valence-corrected chi connectivity index (χ0v) is 25.2. The van der Waals surface area contributed by atoms with Crippen LogP contribution in [0.1, 0.15) is 78.9 Å². The van der Waals surface area contributed by atoms with E-state index in [-0.39, 0.29) is 18.4 Å². The molecule has 1 saturated heterocycles. The van der Waals surface area contributed by atoms with Gasteiger partial charge in [-0.15, -0.1) is 0 Å². The van der Waals surface area contributed by atoms with E-state index in [2.05, 4.69) is 0 Å². The molecule has 0 aromatic carbocycles. The van der Waals surface area contributed by atoms with Crippen LogP contribution in [0.15, 0.2) is 45.8 Å². The number of esters is 3. The average molecular weight is 585 g/mol. The number of aliphatic hydroxyl groups excluding tert-OH is 1. The molecule has 3 fully saturated rings. The number of methoxy groups -OCH3 is 1. The first-order chi connectivity index (χ1) is 19.6. The van der Waals surface area contributed by atoms with Gasteiger partial charge in [0.1, 0.15) is 12.2 Å². The van der Waals surface area contributed by atoms with E-state index in [1.54, 1.807) is 53.0 Å². The highest BCUT2D eigenvalue weighted by Crippen LogP contribution is 2.69. The van der Waals surface area contributed by atoms with Gasteiger partial charge in [0.15, 0.2) is 17.5 Å². The maximum absolute atomic E-state index is 14.6. The molecule has 0 unspecified atom stereocenters. The third-order valence-corrected chi connectivity index (χ3v) is 10.8. The van der Waals surface area contributed by atoms with Crippen molar-refractivity contribution in [1.29, 1.82) is 0 Å². The predicted molar refractivity (Wildman–Crippen MR) is 147 cm³/mol. The quantitative estimate of drug-likeness (QED) is 0.227. The van der Waals surface area contributed by atoms with E-state index < -0.39 is 75.7 Å². The molecule has 228 valence electrons. The Hall–Kier alpha value is -3.24. The summed E-state index contributed by atoms with van der Waals surface area (Å²) in [6.45, 7) is 10.3. The van der Waals surface area contributed by atoms with Crippen molar-refractivity contribution in [2.75, 3.05) is 7.11 Å². The maximum atomic E-state index is 14.6. The number of Topliss-reactive ketones (excluding diaryl/α,β-unsaturated/α-hetero) is 1. The van der Waals surface area contributed by atoms with Gasteiger partial charge in [-0.05, 0) is 44.2 Å². The van der Waals surface area contributed by atoms with E-state index in [1.807, 2.05) is 6.92 Å². The van der Waals surface area contributed by atoms with Crippen molar-refractivity contribution in [2.45, 2.75) is 91.1 Å². The topological polar surface area (TPSA) is 150 Å². The van der Waals surface area contributed by atoms with Gasteiger partial charge in [-0.3, -0.25) is 9.59 Å². The number of ether oxygens (including phenoxy) is 3. The summed E-state index contributed by atoms with van der Waals surface area (Å²) < 4.78 is 22.0. The van der Waals surface area contributed by atoms with Crippen LogP contribution in [-0.2, 0) is 33.4 Å². The monoisotopic (exact) mass is 584 g/mol. The third-order valence-electron chi connectivity index (χ3n) is 10.8. The molecule has 0 amide bonds. The Kier molecular flexibility index (Phi) is 7.13. The minimum Gasteiger partial charge on any atom is -0.472 e. The largest absolute Gasteiger partial charge is 0.472 e. The van der Waals surface area contributed by atoms with Crippen molar-refractivity contribution < 1.29 is 48.0 Å². The van der Waals surface area contributed by atoms with Gasteiger partial charge in [0.25, 0.3) is 0 Å². The van der Waals surface area contributed by atoms with Crippen LogP contribution in [0.3, 0.4) is 0 Å². The summed E-state index contributed by atoms with van der Waals surface area (Å²) in [6.07, 6.45) is 1.64. The predicted octanol–water partition coefficient (Wildman–Crippen LogP) is 3.76. The van der Waals surface area contributed by atoms with Crippen LogP contribution in [0.25, 0.3) is 0 Å². The summed E-state index contributed by atoms with van der Waals surface area (Å²) in [7, 11) is 1.15. The maximum Gasteiger partial charge on any atom is 0.335 e. The van der Waals surface area contributed by atoms with E-state index in [0.29, 0.717) is 24.0 Å². The molecular weight excluding hydrogens is 544 g/mol. The van der Waals surface area contributed by atoms with Crippen molar-refractivity contribution >= 4 is 23.7 Å². The molecule has 4 aliphatic rings. The van der Waals surface area contributed by atoms with Crippen molar-refractivity contribution in [3.05, 3.63) is 47.0 Å². The fraction of sp³-hybridized carbons (Fsp3) is 0.625. The standard InChI is InChI=1S/C32H40O10/c1-8-16(2)25(35)42-28-29(3,4)23(22(34)26(36)39-7)31(6)19-9-11-30(5)20(18(19)14-32(28,38)27(31)37)13-21(33)41-24(30)17-10-12-40-15-17/h8,10,12,15,19,22-24,28,34,38H,9,11,13-14H2,1-7H3/b16-8+/t19-,22-,23-,24-,28-,30+,31+,32-/m0/s1. The number of cyclic esters (lactones) is 1. The number of aliphatic hydroxyl groups is 2. The van der Waals surface area contributed by atoms with Crippen LogP contribution in [0.5, 0.6) is 0 Å². The zero-order valence-electron chi connectivity index (χ0n) is 25.2. The summed E-state index contributed by atoms with van der Waals surface area (Å²) in [5.41, 5.74) is -3.11. The summed E-state index contributed by atoms with van der Waals surface area (Å²) in [5.74, 6) is -4.29. The second kappa shape index (κ2) is 9.91. The van der Waals surface area contributed by atoms with Crippen LogP contribution < -0.4 is 0 Å². The van der Waals surface area contributed by atoms with Gasteiger partial charge in [0, 0.05) is 39.7 Å². The minimum absolute atomic E-state index is 0.0349. The normalized spacial score (nSPS) is 38.2. The second-order valence-electron chi connectivity index (χ2n) is 13.4. The first-order valence-electron chi connectivity index (χ1n) is 14.4. The molecule has 3 aliphatic carbocycles. The van der Waals surface area contributed by atoms with Crippen LogP contribution in [0.4, 0.5) is 0 Å². The highest BCUT2D eigenvalue weighted by molar-refractivity contribution is 5.98. The van der Waals surface area contributed by atoms with Gasteiger partial charge in [0.05, 0.1) is 26.1 Å². The SMILES string of the molecule is C/C=C(\C)C(=O)O[C@H]1C(C)(C)[C@H]([C@H](O)C(=O)OC)[C@]2(C)C(=O)[C@@]1(O)CC1=C3CC(=O)O[C@@H](c4ccoc4)[C@]3(C)CC[C@@H]12. The fourth-order valence-electron chi connectivity index (χ4n) is 8.83. The molecule has 2 bridgehead atoms. The molecule has 10 nitrogen and oxygen atoms in total. The highest BCUT2D eigenvalue weighted by atomic mass is 16.6. The minimum atomic E-state index is -2.18. The number of allylic oxidation sites excluding steroid dienone is 1. The fourth-order valence-corrected chi connectivity index (χ4v) is 8.83. The molecule has 2 N–H and O–H groups in total. The summed E-state index contributed by atoms with van der Waals surface area (Å²) in [4.78, 5) is 53.6. The summed E-state index contributed by atoms with van der Waals surface area (Å²) in [6, 6.07) is 1.75. The lowest BCUT2D eigenvalue weighted by molar-refractivity contribution is -0.245. The van der Waals surface area contributed by atoms with Crippen LogP contribution in [0.2, 0.25) is 0 Å². The summed E-state index contributed by atoms with van der Waals surface area (Å²) >= 11 is 0. The molecule has 2 saturated carbocycles. The molecule has 0 spiro atoms. The third kappa shape index (κ3) is 3.97. The second-order valence-corrected chi connectivity index (χ2v) is 13.4. The first kappa shape index (κ1) is 30.2. The number of rotatable bonds is 5. The molecule has 8 atom stereocenters. The Morgan fingerprint density at radius 3 is 2.48 bits per heavy atom. The van der Waals surface area contributed by atoms with E-state index in [1.165, 1.54) is 6.26 Å². The Labute approximate surface area is 245 Å². The first-order valence-corrected chi connectivity index (χ1v) is 14.4. The van der Waals surface area contributed by atoms with E-state index in [4.69, 9.17) is 18.6 Å². The van der Waals surface area contributed by atoms with Crippen LogP contribution in [0, 0.1) is 28.1 Å². The number of ketones is 1. The van der Waals surface area contributed by atoms with Crippen molar-refractivity contribution in [3.63, 3.8) is 0 Å². The lowest BCUT2D eigenvalue weighted by atomic mass is 9.39. The van der Waals surface area contributed by atoms with Gasteiger partial charge < -0.3 is 28.8 Å². The van der Waals surface area contributed by atoms with Crippen LogP contribution in [-0.4, -0.2) is 58.8 Å². The highest BCUT2D eigenvalue weighted by Gasteiger charge is 2.75. The van der Waals surface area contributed by atoms with Crippen molar-refractivity contribution in [2.24, 2.45) is 28.1 Å². The number of fused-ring (bicyclic) bond motifs is 5. The molecular formula is C32H40O10. The average Bonchev–Trinajstić information content (AvgIpc) is 3.47. The number of carbonyl (C=O) groups excluding carboxylic acids is 4. The Balaban J connectivity index is 1.75. The molecule has 2 heterocycles. The van der Waals surface area contributed by atoms with Gasteiger partial charge in [-0.2, -0.15) is 0 Å². The number of carbonyl (C=O) groups is 4. The molecule has 1 aromatic heterocycles. The van der Waals surface area contributed by atoms with E-state index in [0.717, 1.165) is 12.7 Å².